The number of hydrogen-bond acceptors (Lipinski definition) is 7. The highest BCUT2D eigenvalue weighted by Gasteiger charge is 2.17. The predicted octanol–water partition coefficient (Wildman–Crippen LogP) is 4.85. The van der Waals surface area contributed by atoms with Crippen molar-refractivity contribution in [2.75, 3.05) is 14.2 Å². The van der Waals surface area contributed by atoms with Crippen LogP contribution in [0.4, 0.5) is 5.69 Å². The first-order chi connectivity index (χ1) is 15.4. The van der Waals surface area contributed by atoms with Gasteiger partial charge in [-0.05, 0) is 24.3 Å². The second-order valence-corrected chi connectivity index (χ2v) is 7.01. The van der Waals surface area contributed by atoms with Gasteiger partial charge in [-0.3, -0.25) is 14.9 Å². The lowest BCUT2D eigenvalue weighted by Crippen LogP contribution is -2.11. The molecule has 4 aromatic rings. The highest BCUT2D eigenvalue weighted by atomic mass is 35.5. The topological polar surface area (TPSA) is 120 Å². The zero-order valence-corrected chi connectivity index (χ0v) is 17.7. The molecule has 9 nitrogen and oxygen atoms in total. The molecule has 2 aromatic carbocycles. The summed E-state index contributed by atoms with van der Waals surface area (Å²) < 4.78 is 16.2. The number of H-pyrrole nitrogens is 1. The van der Waals surface area contributed by atoms with Crippen LogP contribution in [-0.4, -0.2) is 29.1 Å². The number of ether oxygens (including phenoxy) is 2. The second-order valence-electron chi connectivity index (χ2n) is 6.61. The van der Waals surface area contributed by atoms with E-state index >= 15 is 0 Å². The van der Waals surface area contributed by atoms with Crippen molar-refractivity contribution in [3.05, 3.63) is 80.6 Å². The van der Waals surface area contributed by atoms with Crippen molar-refractivity contribution >= 4 is 39.3 Å². The number of fused-ring (bicyclic) bond motifs is 1. The number of nitrogens with one attached hydrogen (secondary N) is 1. The number of hydrogen-bond donors (Lipinski definition) is 1. The Morgan fingerprint density at radius 1 is 1.16 bits per heavy atom. The Hall–Kier alpha value is -4.11. The van der Waals surface area contributed by atoms with Gasteiger partial charge >= 0.3 is 0 Å². The van der Waals surface area contributed by atoms with E-state index in [-0.39, 0.29) is 16.5 Å². The monoisotopic (exact) mass is 453 g/mol. The fourth-order valence-corrected chi connectivity index (χ4v) is 3.39. The Morgan fingerprint density at radius 2 is 1.88 bits per heavy atom. The Balaban J connectivity index is 1.72. The zero-order chi connectivity index (χ0) is 22.8. The second kappa shape index (κ2) is 8.56. The minimum Gasteiger partial charge on any atom is -0.493 e. The molecule has 0 radical (unpaired) electrons. The molecule has 0 bridgehead atoms. The standard InChI is InChI=1S/C22H16ClN3O6/c1-30-19-10-14-16(11-20(19)31-2)24-21(25-22(14)27)15(23)9-12-7-8-18(32-12)13-5-3-4-6-17(13)26(28)29/h3-11H,1-2H3,(H,24,25,27)/b15-9-. The van der Waals surface area contributed by atoms with E-state index in [0.29, 0.717) is 39.5 Å². The third-order valence-corrected chi connectivity index (χ3v) is 4.99. The number of benzene rings is 2. The summed E-state index contributed by atoms with van der Waals surface area (Å²) >= 11 is 6.39. The Bertz CT molecular complexity index is 1420. The van der Waals surface area contributed by atoms with Gasteiger partial charge in [0.2, 0.25) is 0 Å². The van der Waals surface area contributed by atoms with Gasteiger partial charge in [-0.25, -0.2) is 4.98 Å². The molecule has 0 aliphatic carbocycles. The van der Waals surface area contributed by atoms with Crippen molar-refractivity contribution < 1.29 is 18.8 Å². The minimum atomic E-state index is -0.479. The van der Waals surface area contributed by atoms with Gasteiger partial charge in [0.15, 0.2) is 17.3 Å². The highest BCUT2D eigenvalue weighted by Crippen LogP contribution is 2.33. The molecule has 32 heavy (non-hydrogen) atoms. The average molecular weight is 454 g/mol. The van der Waals surface area contributed by atoms with E-state index < -0.39 is 10.5 Å². The van der Waals surface area contributed by atoms with E-state index in [1.807, 2.05) is 0 Å². The third-order valence-electron chi connectivity index (χ3n) is 4.70. The van der Waals surface area contributed by atoms with Crippen LogP contribution in [0.2, 0.25) is 0 Å². The van der Waals surface area contributed by atoms with E-state index in [1.54, 1.807) is 36.4 Å². The van der Waals surface area contributed by atoms with Crippen LogP contribution in [0.1, 0.15) is 11.6 Å². The third kappa shape index (κ3) is 3.93. The average Bonchev–Trinajstić information content (AvgIpc) is 3.26. The molecular formula is C22H16ClN3O6. The number of nitro benzene ring substituents is 1. The molecular weight excluding hydrogens is 438 g/mol. The van der Waals surface area contributed by atoms with E-state index in [2.05, 4.69) is 9.97 Å². The summed E-state index contributed by atoms with van der Waals surface area (Å²) in [6.07, 6.45) is 1.46. The van der Waals surface area contributed by atoms with Crippen LogP contribution in [0, 0.1) is 10.1 Å². The Labute approximate surface area is 186 Å². The maximum absolute atomic E-state index is 12.5. The number of nitro groups is 1. The molecule has 0 amide bonds. The lowest BCUT2D eigenvalue weighted by Gasteiger charge is -2.09. The van der Waals surface area contributed by atoms with Crippen molar-refractivity contribution in [1.29, 1.82) is 0 Å². The molecule has 162 valence electrons. The smallest absolute Gasteiger partial charge is 0.280 e. The first kappa shape index (κ1) is 21.1. The molecule has 10 heteroatoms. The summed E-state index contributed by atoms with van der Waals surface area (Å²) in [6, 6.07) is 12.6. The van der Waals surface area contributed by atoms with Gasteiger partial charge in [0.05, 0.1) is 40.6 Å². The molecule has 0 aliphatic rings. The van der Waals surface area contributed by atoms with Gasteiger partial charge < -0.3 is 18.9 Å². The van der Waals surface area contributed by atoms with E-state index in [9.17, 15) is 14.9 Å². The maximum atomic E-state index is 12.5. The first-order valence-electron chi connectivity index (χ1n) is 9.28. The molecule has 4 rings (SSSR count). The quantitative estimate of drug-likeness (QED) is 0.327. The van der Waals surface area contributed by atoms with Crippen LogP contribution in [0.3, 0.4) is 0 Å². The number of aromatic nitrogens is 2. The summed E-state index contributed by atoms with van der Waals surface area (Å²) in [5, 5.41) is 11.7. The number of aromatic amines is 1. The molecule has 0 unspecified atom stereocenters. The largest absolute Gasteiger partial charge is 0.493 e. The van der Waals surface area contributed by atoms with Crippen LogP contribution in [0.15, 0.2) is 57.7 Å². The lowest BCUT2D eigenvalue weighted by molar-refractivity contribution is -0.384. The van der Waals surface area contributed by atoms with Gasteiger partial charge in [0.1, 0.15) is 11.5 Å². The van der Waals surface area contributed by atoms with Gasteiger partial charge in [0.25, 0.3) is 11.2 Å². The molecule has 0 saturated carbocycles. The first-order valence-corrected chi connectivity index (χ1v) is 9.66. The molecule has 0 saturated heterocycles. The van der Waals surface area contributed by atoms with Gasteiger partial charge in [0, 0.05) is 18.2 Å². The fraction of sp³-hybridized carbons (Fsp3) is 0.0909. The van der Waals surface area contributed by atoms with Crippen molar-refractivity contribution in [3.8, 4) is 22.8 Å². The van der Waals surface area contributed by atoms with E-state index in [0.717, 1.165) is 0 Å². The number of rotatable bonds is 6. The van der Waals surface area contributed by atoms with Gasteiger partial charge in [-0.15, -0.1) is 0 Å². The van der Waals surface area contributed by atoms with Crippen LogP contribution in [-0.2, 0) is 0 Å². The number of halogens is 1. The normalized spacial score (nSPS) is 11.5. The van der Waals surface area contributed by atoms with Crippen molar-refractivity contribution in [2.45, 2.75) is 0 Å². The van der Waals surface area contributed by atoms with Crippen LogP contribution in [0.25, 0.3) is 33.3 Å². The minimum absolute atomic E-state index is 0.0756. The van der Waals surface area contributed by atoms with Crippen molar-refractivity contribution in [2.24, 2.45) is 0 Å². The summed E-state index contributed by atoms with van der Waals surface area (Å²) in [6.45, 7) is 0. The summed E-state index contributed by atoms with van der Waals surface area (Å²) in [4.78, 5) is 30.4. The van der Waals surface area contributed by atoms with Gasteiger partial charge in [-0.2, -0.15) is 0 Å². The summed E-state index contributed by atoms with van der Waals surface area (Å²) in [5.41, 5.74) is 0.227. The molecule has 0 fully saturated rings. The highest BCUT2D eigenvalue weighted by molar-refractivity contribution is 6.50. The molecule has 1 N–H and O–H groups in total. The molecule has 0 aliphatic heterocycles. The van der Waals surface area contributed by atoms with Crippen LogP contribution in [0.5, 0.6) is 11.5 Å². The number of para-hydroxylation sites is 1. The van der Waals surface area contributed by atoms with Crippen molar-refractivity contribution in [3.63, 3.8) is 0 Å². The summed E-state index contributed by atoms with van der Waals surface area (Å²) in [5.74, 6) is 1.59. The molecule has 2 heterocycles. The molecule has 0 spiro atoms. The Morgan fingerprint density at radius 3 is 2.59 bits per heavy atom. The van der Waals surface area contributed by atoms with Crippen LogP contribution < -0.4 is 15.0 Å². The van der Waals surface area contributed by atoms with Crippen LogP contribution >= 0.6 is 11.6 Å². The Kier molecular flexibility index (Phi) is 5.65. The number of nitrogens with zero attached hydrogens (tertiary/aromatic N) is 2. The molecule has 2 aromatic heterocycles. The molecule has 0 atom stereocenters. The lowest BCUT2D eigenvalue weighted by atomic mass is 10.1. The zero-order valence-electron chi connectivity index (χ0n) is 16.9. The summed E-state index contributed by atoms with van der Waals surface area (Å²) in [7, 11) is 2.96. The van der Waals surface area contributed by atoms with Gasteiger partial charge in [-0.1, -0.05) is 23.7 Å². The van der Waals surface area contributed by atoms with E-state index in [4.69, 9.17) is 25.5 Å². The number of furan rings is 1. The SMILES string of the molecule is COc1cc2nc(/C(Cl)=C/c3ccc(-c4ccccc4[N+](=O)[O-])o3)[nH]c(=O)c2cc1OC. The number of methoxy groups -OCH3 is 2. The van der Waals surface area contributed by atoms with E-state index in [1.165, 1.54) is 32.4 Å². The maximum Gasteiger partial charge on any atom is 0.280 e. The van der Waals surface area contributed by atoms with Crippen molar-refractivity contribution in [1.82, 2.24) is 9.97 Å². The predicted molar refractivity (Wildman–Crippen MR) is 120 cm³/mol. The fourth-order valence-electron chi connectivity index (χ4n) is 3.19.